The molecule has 0 radical (unpaired) electrons. The molecule has 3 unspecified atom stereocenters. The maximum absolute atomic E-state index is 12.4. The topological polar surface area (TPSA) is 89.8 Å². The van der Waals surface area contributed by atoms with Gasteiger partial charge in [-0.3, -0.25) is 4.79 Å². The molecule has 0 aromatic carbocycles. The van der Waals surface area contributed by atoms with Crippen molar-refractivity contribution in [2.75, 3.05) is 6.61 Å². The quantitative estimate of drug-likeness (QED) is 0.0399. The normalized spacial score (nSPS) is 14.4. The van der Waals surface area contributed by atoms with Crippen LogP contribution < -0.4 is 5.32 Å². The van der Waals surface area contributed by atoms with Crippen LogP contribution in [0.3, 0.4) is 0 Å². The van der Waals surface area contributed by atoms with E-state index in [0.717, 1.165) is 57.8 Å². The van der Waals surface area contributed by atoms with E-state index < -0.39 is 24.2 Å². The van der Waals surface area contributed by atoms with E-state index in [1.54, 1.807) is 6.08 Å². The number of hydrogen-bond donors (Lipinski definition) is 4. The average molecular weight is 672 g/mol. The Kier molecular flexibility index (Phi) is 36.3. The number of allylic oxidation sites excluding steroid dienone is 9. The summed E-state index contributed by atoms with van der Waals surface area (Å²) < 4.78 is 0. The predicted octanol–water partition coefficient (Wildman–Crippen LogP) is 11.1. The summed E-state index contributed by atoms with van der Waals surface area (Å²) in [4.78, 5) is 12.4. The van der Waals surface area contributed by atoms with Gasteiger partial charge in [0.25, 0.3) is 0 Å². The highest BCUT2D eigenvalue weighted by atomic mass is 16.3. The summed E-state index contributed by atoms with van der Waals surface area (Å²) in [6.45, 7) is 4.09. The van der Waals surface area contributed by atoms with Crippen molar-refractivity contribution in [2.45, 2.75) is 199 Å². The molecule has 0 aromatic heterocycles. The van der Waals surface area contributed by atoms with Crippen molar-refractivity contribution in [2.24, 2.45) is 0 Å². The van der Waals surface area contributed by atoms with Crippen molar-refractivity contribution in [3.05, 3.63) is 60.8 Å². The van der Waals surface area contributed by atoms with Gasteiger partial charge in [-0.1, -0.05) is 171 Å². The number of rotatable bonds is 35. The summed E-state index contributed by atoms with van der Waals surface area (Å²) in [5.74, 6) is -0.529. The third-order valence-electron chi connectivity index (χ3n) is 8.81. The number of aliphatic hydroxyl groups excluding tert-OH is 3. The van der Waals surface area contributed by atoms with Crippen molar-refractivity contribution in [3.8, 4) is 0 Å². The minimum atomic E-state index is -1.12. The standard InChI is InChI=1S/C43H77NO4/c1-3-5-7-9-11-13-15-17-18-19-20-21-22-23-24-25-26-28-30-32-34-36-38-42(47)43(48)44-40(39-45)41(46)37-35-33-31-29-27-16-14-12-10-8-6-4-2/h10,12,20-21,23-24,27,29,35,37,40-42,45-47H,3-9,11,13-19,22,25-26,28,30-34,36,38-39H2,1-2H3,(H,44,48)/b12-10+,21-20-,24-23-,29-27+,37-35+. The van der Waals surface area contributed by atoms with Crippen LogP contribution in [-0.2, 0) is 4.79 Å². The second-order valence-corrected chi connectivity index (χ2v) is 13.5. The average Bonchev–Trinajstić information content (AvgIpc) is 3.09. The summed E-state index contributed by atoms with van der Waals surface area (Å²) >= 11 is 0. The van der Waals surface area contributed by atoms with Crippen LogP contribution in [0.2, 0.25) is 0 Å². The molecular formula is C43H77NO4. The number of amides is 1. The van der Waals surface area contributed by atoms with E-state index in [9.17, 15) is 20.1 Å². The molecule has 48 heavy (non-hydrogen) atoms. The summed E-state index contributed by atoms with van der Waals surface area (Å²) in [7, 11) is 0. The first-order chi connectivity index (χ1) is 23.6. The Hall–Kier alpha value is -1.95. The summed E-state index contributed by atoms with van der Waals surface area (Å²) in [6, 6.07) is -0.826. The first kappa shape index (κ1) is 46.0. The first-order valence-electron chi connectivity index (χ1n) is 20.1. The molecule has 278 valence electrons. The van der Waals surface area contributed by atoms with Crippen LogP contribution >= 0.6 is 0 Å². The van der Waals surface area contributed by atoms with Gasteiger partial charge in [0.1, 0.15) is 6.10 Å². The van der Waals surface area contributed by atoms with E-state index in [4.69, 9.17) is 0 Å². The maximum Gasteiger partial charge on any atom is 0.249 e. The molecule has 0 aliphatic heterocycles. The van der Waals surface area contributed by atoms with Crippen LogP contribution in [0.25, 0.3) is 0 Å². The number of hydrogen-bond acceptors (Lipinski definition) is 4. The Morgan fingerprint density at radius 3 is 1.46 bits per heavy atom. The van der Waals surface area contributed by atoms with Crippen molar-refractivity contribution < 1.29 is 20.1 Å². The molecule has 0 aliphatic rings. The van der Waals surface area contributed by atoms with Gasteiger partial charge < -0.3 is 20.6 Å². The van der Waals surface area contributed by atoms with Gasteiger partial charge in [-0.05, 0) is 70.6 Å². The van der Waals surface area contributed by atoms with Gasteiger partial charge in [-0.25, -0.2) is 0 Å². The van der Waals surface area contributed by atoms with Crippen LogP contribution in [-0.4, -0.2) is 46.1 Å². The van der Waals surface area contributed by atoms with E-state index in [2.05, 4.69) is 67.8 Å². The van der Waals surface area contributed by atoms with Crippen LogP contribution in [0.4, 0.5) is 0 Å². The highest BCUT2D eigenvalue weighted by Crippen LogP contribution is 2.12. The molecule has 5 nitrogen and oxygen atoms in total. The molecule has 0 saturated heterocycles. The predicted molar refractivity (Wildman–Crippen MR) is 208 cm³/mol. The molecule has 0 saturated carbocycles. The van der Waals surface area contributed by atoms with Gasteiger partial charge in [-0.15, -0.1) is 0 Å². The number of carbonyl (C=O) groups excluding carboxylic acids is 1. The van der Waals surface area contributed by atoms with Crippen molar-refractivity contribution in [1.82, 2.24) is 5.32 Å². The summed E-state index contributed by atoms with van der Waals surface area (Å²) in [5, 5.41) is 32.9. The molecule has 0 aliphatic carbocycles. The Labute approximate surface area is 297 Å². The van der Waals surface area contributed by atoms with Crippen LogP contribution in [0.1, 0.15) is 181 Å². The van der Waals surface area contributed by atoms with Crippen LogP contribution in [0.15, 0.2) is 60.8 Å². The van der Waals surface area contributed by atoms with Crippen LogP contribution in [0.5, 0.6) is 0 Å². The lowest BCUT2D eigenvalue weighted by molar-refractivity contribution is -0.131. The molecule has 1 amide bonds. The van der Waals surface area contributed by atoms with E-state index in [0.29, 0.717) is 6.42 Å². The van der Waals surface area contributed by atoms with E-state index in [-0.39, 0.29) is 6.61 Å². The van der Waals surface area contributed by atoms with Crippen LogP contribution in [0, 0.1) is 0 Å². The zero-order valence-corrected chi connectivity index (χ0v) is 31.3. The third kappa shape index (κ3) is 32.6. The molecule has 4 N–H and O–H groups in total. The Morgan fingerprint density at radius 2 is 0.938 bits per heavy atom. The Morgan fingerprint density at radius 1 is 0.521 bits per heavy atom. The van der Waals surface area contributed by atoms with Crippen molar-refractivity contribution in [3.63, 3.8) is 0 Å². The number of nitrogens with one attached hydrogen (secondary N) is 1. The van der Waals surface area contributed by atoms with Gasteiger partial charge >= 0.3 is 0 Å². The Balaban J connectivity index is 3.77. The molecule has 5 heteroatoms. The first-order valence-corrected chi connectivity index (χ1v) is 20.1. The largest absolute Gasteiger partial charge is 0.394 e. The third-order valence-corrected chi connectivity index (χ3v) is 8.81. The molecule has 0 heterocycles. The monoisotopic (exact) mass is 672 g/mol. The number of unbranched alkanes of at least 4 members (excludes halogenated alkanes) is 19. The fourth-order valence-corrected chi connectivity index (χ4v) is 5.58. The lowest BCUT2D eigenvalue weighted by Crippen LogP contribution is -2.48. The Bertz CT molecular complexity index is 831. The number of aliphatic hydroxyl groups is 3. The van der Waals surface area contributed by atoms with Crippen molar-refractivity contribution in [1.29, 1.82) is 0 Å². The lowest BCUT2D eigenvalue weighted by Gasteiger charge is -2.21. The molecule has 0 aromatic rings. The van der Waals surface area contributed by atoms with E-state index >= 15 is 0 Å². The highest BCUT2D eigenvalue weighted by molar-refractivity contribution is 5.80. The van der Waals surface area contributed by atoms with E-state index in [1.165, 1.54) is 103 Å². The fraction of sp³-hybridized carbons (Fsp3) is 0.744. The van der Waals surface area contributed by atoms with Gasteiger partial charge in [0.05, 0.1) is 18.8 Å². The van der Waals surface area contributed by atoms with E-state index in [1.807, 2.05) is 6.08 Å². The molecule has 0 fully saturated rings. The van der Waals surface area contributed by atoms with Gasteiger partial charge in [0.2, 0.25) is 5.91 Å². The zero-order valence-electron chi connectivity index (χ0n) is 31.3. The minimum absolute atomic E-state index is 0.388. The SMILES string of the molecule is CCCC/C=C/CC/C=C/CC/C=C/C(O)C(CO)NC(=O)C(O)CCCCCCCC/C=C\C/C=C\CCCCCCCCCCC. The maximum atomic E-state index is 12.4. The van der Waals surface area contributed by atoms with Gasteiger partial charge in [0, 0.05) is 0 Å². The summed E-state index contributed by atoms with van der Waals surface area (Å²) in [6.07, 6.45) is 49.6. The second-order valence-electron chi connectivity index (χ2n) is 13.5. The minimum Gasteiger partial charge on any atom is -0.394 e. The molecule has 0 rings (SSSR count). The summed E-state index contributed by atoms with van der Waals surface area (Å²) in [5.41, 5.74) is 0. The molecule has 0 bridgehead atoms. The smallest absolute Gasteiger partial charge is 0.249 e. The fourth-order valence-electron chi connectivity index (χ4n) is 5.58. The lowest BCUT2D eigenvalue weighted by atomic mass is 10.0. The number of carbonyl (C=O) groups is 1. The van der Waals surface area contributed by atoms with Crippen molar-refractivity contribution >= 4 is 5.91 Å². The zero-order chi connectivity index (χ0) is 35.2. The molecular weight excluding hydrogens is 594 g/mol. The second kappa shape index (κ2) is 37.9. The molecule has 0 spiro atoms. The molecule has 3 atom stereocenters. The van der Waals surface area contributed by atoms with Gasteiger partial charge in [0.15, 0.2) is 0 Å². The highest BCUT2D eigenvalue weighted by Gasteiger charge is 2.22. The van der Waals surface area contributed by atoms with Gasteiger partial charge in [-0.2, -0.15) is 0 Å².